The van der Waals surface area contributed by atoms with Crippen LogP contribution in [0.2, 0.25) is 0 Å². The first-order chi connectivity index (χ1) is 8.17. The van der Waals surface area contributed by atoms with Gasteiger partial charge in [-0.3, -0.25) is 4.79 Å². The molecule has 102 valence electrons. The molecule has 0 radical (unpaired) electrons. The number of carboxylic acids is 1. The molecule has 2 atom stereocenters. The molecule has 7 nitrogen and oxygen atoms in total. The first kappa shape index (κ1) is 14.4. The Hall–Kier alpha value is -1.63. The summed E-state index contributed by atoms with van der Waals surface area (Å²) < 4.78 is 9.86. The molecule has 0 unspecified atom stereocenters. The summed E-state index contributed by atoms with van der Waals surface area (Å²) >= 11 is 0. The summed E-state index contributed by atoms with van der Waals surface area (Å²) in [7, 11) is 1.29. The number of ether oxygens (including phenoxy) is 2. The lowest BCUT2D eigenvalue weighted by Gasteiger charge is -2.25. The van der Waals surface area contributed by atoms with E-state index < -0.39 is 35.7 Å². The number of carboxylic acid groups (broad SMARTS) is 1. The van der Waals surface area contributed by atoms with Crippen LogP contribution in [0.3, 0.4) is 0 Å². The lowest BCUT2D eigenvalue weighted by molar-refractivity contribution is -0.146. The fourth-order valence-corrected chi connectivity index (χ4v) is 1.65. The zero-order chi connectivity index (χ0) is 14.1. The molecular weight excluding hydrogens is 242 g/mol. The van der Waals surface area contributed by atoms with Gasteiger partial charge in [0.05, 0.1) is 0 Å². The van der Waals surface area contributed by atoms with E-state index in [0.29, 0.717) is 4.90 Å². The van der Waals surface area contributed by atoms with Gasteiger partial charge in [-0.15, -0.1) is 0 Å². The molecule has 1 N–H and O–H groups in total. The Kier molecular flexibility index (Phi) is 3.95. The van der Waals surface area contributed by atoms with Crippen molar-refractivity contribution >= 4 is 18.0 Å². The first-order valence-corrected chi connectivity index (χ1v) is 5.49. The van der Waals surface area contributed by atoms with Gasteiger partial charge in [-0.05, 0) is 20.8 Å². The molecule has 0 aromatic heterocycles. The highest BCUT2D eigenvalue weighted by Gasteiger charge is 2.48. The van der Waals surface area contributed by atoms with Crippen LogP contribution < -0.4 is 0 Å². The van der Waals surface area contributed by atoms with Crippen LogP contribution in [0.15, 0.2) is 0 Å². The lowest BCUT2D eigenvalue weighted by Crippen LogP contribution is -2.46. The van der Waals surface area contributed by atoms with Crippen LogP contribution in [-0.4, -0.2) is 52.8 Å². The molecule has 7 heteroatoms. The van der Waals surface area contributed by atoms with Gasteiger partial charge >= 0.3 is 12.1 Å². The molecule has 0 aliphatic carbocycles. The molecule has 1 aliphatic rings. The molecule has 1 aliphatic heterocycles. The van der Waals surface area contributed by atoms with Crippen molar-refractivity contribution in [1.82, 2.24) is 4.90 Å². The standard InChI is InChI=1S/C11H17NO6/c1-11(2,3)18-10(16)12-6(9(14)15)5-7(17-4)8(12)13/h6-7H,5H2,1-4H3,(H,14,15)/t6-,7-/m1/s1. The number of nitrogens with zero attached hydrogens (tertiary/aromatic N) is 1. The van der Waals surface area contributed by atoms with Gasteiger partial charge in [0.15, 0.2) is 0 Å². The molecule has 1 saturated heterocycles. The second-order valence-electron chi connectivity index (χ2n) is 5.00. The van der Waals surface area contributed by atoms with Crippen LogP contribution in [0.25, 0.3) is 0 Å². The van der Waals surface area contributed by atoms with E-state index in [1.807, 2.05) is 0 Å². The van der Waals surface area contributed by atoms with E-state index in [4.69, 9.17) is 14.6 Å². The van der Waals surface area contributed by atoms with Crippen LogP contribution in [-0.2, 0) is 19.1 Å². The number of imide groups is 1. The van der Waals surface area contributed by atoms with E-state index in [9.17, 15) is 14.4 Å². The lowest BCUT2D eigenvalue weighted by atomic mass is 10.2. The van der Waals surface area contributed by atoms with Gasteiger partial charge in [-0.25, -0.2) is 14.5 Å². The minimum Gasteiger partial charge on any atom is -0.480 e. The molecule has 0 spiro atoms. The first-order valence-electron chi connectivity index (χ1n) is 5.49. The van der Waals surface area contributed by atoms with E-state index >= 15 is 0 Å². The van der Waals surface area contributed by atoms with Crippen LogP contribution >= 0.6 is 0 Å². The van der Waals surface area contributed by atoms with Gasteiger partial charge < -0.3 is 14.6 Å². The number of hydrogen-bond acceptors (Lipinski definition) is 5. The Labute approximate surface area is 105 Å². The van der Waals surface area contributed by atoms with Crippen molar-refractivity contribution < 1.29 is 29.0 Å². The molecule has 1 fully saturated rings. The highest BCUT2D eigenvalue weighted by Crippen LogP contribution is 2.24. The van der Waals surface area contributed by atoms with Gasteiger partial charge in [-0.2, -0.15) is 0 Å². The van der Waals surface area contributed by atoms with Crippen LogP contribution in [0.4, 0.5) is 4.79 Å². The predicted molar refractivity (Wildman–Crippen MR) is 59.9 cm³/mol. The maximum Gasteiger partial charge on any atom is 0.417 e. The van der Waals surface area contributed by atoms with E-state index in [-0.39, 0.29) is 6.42 Å². The maximum atomic E-state index is 11.8. The van der Waals surface area contributed by atoms with Crippen molar-refractivity contribution in [3.63, 3.8) is 0 Å². The second-order valence-corrected chi connectivity index (χ2v) is 5.00. The summed E-state index contributed by atoms with van der Waals surface area (Å²) in [6.07, 6.45) is -1.94. The van der Waals surface area contributed by atoms with Crippen molar-refractivity contribution in [2.45, 2.75) is 44.9 Å². The maximum absolute atomic E-state index is 11.8. The largest absolute Gasteiger partial charge is 0.480 e. The number of carbonyl (C=O) groups excluding carboxylic acids is 2. The number of likely N-dealkylation sites (tertiary alicyclic amines) is 1. The summed E-state index contributed by atoms with van der Waals surface area (Å²) in [6.45, 7) is 4.90. The number of rotatable bonds is 2. The van der Waals surface area contributed by atoms with Crippen molar-refractivity contribution in [2.24, 2.45) is 0 Å². The number of aliphatic carboxylic acids is 1. The van der Waals surface area contributed by atoms with E-state index in [1.54, 1.807) is 20.8 Å². The van der Waals surface area contributed by atoms with Crippen molar-refractivity contribution in [2.75, 3.05) is 7.11 Å². The van der Waals surface area contributed by atoms with E-state index in [1.165, 1.54) is 7.11 Å². The summed E-state index contributed by atoms with van der Waals surface area (Å²) in [4.78, 5) is 35.3. The Morgan fingerprint density at radius 2 is 1.94 bits per heavy atom. The van der Waals surface area contributed by atoms with Crippen LogP contribution in [0, 0.1) is 0 Å². The number of carbonyl (C=O) groups is 3. The Balaban J connectivity index is 2.92. The smallest absolute Gasteiger partial charge is 0.417 e. The molecule has 0 saturated carbocycles. The predicted octanol–water partition coefficient (Wildman–Crippen LogP) is 0.622. The van der Waals surface area contributed by atoms with Crippen molar-refractivity contribution in [3.8, 4) is 0 Å². The summed E-state index contributed by atoms with van der Waals surface area (Å²) in [6, 6.07) is -1.24. The molecule has 2 amide bonds. The molecule has 0 aromatic carbocycles. The third-order valence-electron chi connectivity index (χ3n) is 2.42. The Morgan fingerprint density at radius 3 is 2.33 bits per heavy atom. The third kappa shape index (κ3) is 2.98. The normalized spacial score (nSPS) is 24.2. The van der Waals surface area contributed by atoms with Crippen molar-refractivity contribution in [1.29, 1.82) is 0 Å². The quantitative estimate of drug-likeness (QED) is 0.781. The van der Waals surface area contributed by atoms with Crippen LogP contribution in [0.5, 0.6) is 0 Å². The SMILES string of the molecule is CO[C@@H]1C[C@H](C(=O)O)N(C(=O)OC(C)(C)C)C1=O. The van der Waals surface area contributed by atoms with E-state index in [2.05, 4.69) is 0 Å². The topological polar surface area (TPSA) is 93.1 Å². The van der Waals surface area contributed by atoms with Gasteiger partial charge in [0.25, 0.3) is 5.91 Å². The fourth-order valence-electron chi connectivity index (χ4n) is 1.65. The second kappa shape index (κ2) is 4.93. The molecular formula is C11H17NO6. The average Bonchev–Trinajstić information content (AvgIpc) is 2.52. The van der Waals surface area contributed by atoms with Gasteiger partial charge in [0.2, 0.25) is 0 Å². The summed E-state index contributed by atoms with van der Waals surface area (Å²) in [5.41, 5.74) is -0.800. The number of methoxy groups -OCH3 is 1. The zero-order valence-corrected chi connectivity index (χ0v) is 10.8. The monoisotopic (exact) mass is 259 g/mol. The minimum absolute atomic E-state index is 0.0656. The number of amides is 2. The molecule has 0 bridgehead atoms. The minimum atomic E-state index is -1.26. The Bertz CT molecular complexity index is 372. The average molecular weight is 259 g/mol. The van der Waals surface area contributed by atoms with Crippen molar-refractivity contribution in [3.05, 3.63) is 0 Å². The fraction of sp³-hybridized carbons (Fsp3) is 0.727. The molecule has 18 heavy (non-hydrogen) atoms. The molecule has 0 aromatic rings. The van der Waals surface area contributed by atoms with E-state index in [0.717, 1.165) is 0 Å². The Morgan fingerprint density at radius 1 is 1.39 bits per heavy atom. The summed E-state index contributed by atoms with van der Waals surface area (Å²) in [5, 5.41) is 9.00. The molecule has 1 heterocycles. The van der Waals surface area contributed by atoms with Crippen LogP contribution in [0.1, 0.15) is 27.2 Å². The van der Waals surface area contributed by atoms with Gasteiger partial charge in [-0.1, -0.05) is 0 Å². The number of hydrogen-bond donors (Lipinski definition) is 1. The highest BCUT2D eigenvalue weighted by atomic mass is 16.6. The van der Waals surface area contributed by atoms with Gasteiger partial charge in [0.1, 0.15) is 17.7 Å². The van der Waals surface area contributed by atoms with Gasteiger partial charge in [0, 0.05) is 13.5 Å². The highest BCUT2D eigenvalue weighted by molar-refractivity contribution is 6.01. The third-order valence-corrected chi connectivity index (χ3v) is 2.42. The zero-order valence-electron chi connectivity index (χ0n) is 10.8. The molecule has 1 rings (SSSR count). The summed E-state index contributed by atoms with van der Waals surface area (Å²) in [5.74, 6) is -1.94.